The molecular weight excluding hydrogens is 188 g/mol. The minimum Gasteiger partial charge on any atom is -0.274 e. The van der Waals surface area contributed by atoms with Crippen molar-refractivity contribution in [2.24, 2.45) is 4.99 Å². The van der Waals surface area contributed by atoms with Crippen molar-refractivity contribution in [1.82, 2.24) is 5.06 Å². The molecule has 0 unspecified atom stereocenters. The van der Waals surface area contributed by atoms with Crippen LogP contribution in [0.3, 0.4) is 0 Å². The standard InChI is InChI=1S/C8H14N2O2S/c1-4-7-9-6(5-13-7)8(11)10(2)12-3/h6H,4-5H2,1-3H3/t6-/m0/s1. The molecule has 13 heavy (non-hydrogen) atoms. The van der Waals surface area contributed by atoms with Crippen molar-refractivity contribution >= 4 is 22.7 Å². The van der Waals surface area contributed by atoms with Gasteiger partial charge in [-0.1, -0.05) is 6.92 Å². The fourth-order valence-corrected chi connectivity index (χ4v) is 2.02. The van der Waals surface area contributed by atoms with Crippen LogP contribution in [-0.2, 0) is 9.63 Å². The predicted octanol–water partition coefficient (Wildman–Crippen LogP) is 0.930. The smallest absolute Gasteiger partial charge is 0.271 e. The van der Waals surface area contributed by atoms with Crippen molar-refractivity contribution in [3.05, 3.63) is 0 Å². The topological polar surface area (TPSA) is 41.9 Å². The number of hydrogen-bond donors (Lipinski definition) is 0. The molecule has 5 heteroatoms. The Morgan fingerprint density at radius 1 is 1.85 bits per heavy atom. The van der Waals surface area contributed by atoms with Gasteiger partial charge in [-0.3, -0.25) is 14.6 Å². The summed E-state index contributed by atoms with van der Waals surface area (Å²) in [4.78, 5) is 20.6. The Balaban J connectivity index is 2.55. The zero-order valence-electron chi connectivity index (χ0n) is 8.11. The molecule has 1 atom stereocenters. The SMILES string of the molecule is CCC1=N[C@H](C(=O)N(C)OC)CS1. The number of hydrogen-bond acceptors (Lipinski definition) is 4. The number of carbonyl (C=O) groups is 1. The van der Waals surface area contributed by atoms with Crippen LogP contribution in [0.15, 0.2) is 4.99 Å². The van der Waals surface area contributed by atoms with Gasteiger partial charge in [0, 0.05) is 12.8 Å². The second-order valence-corrected chi connectivity index (χ2v) is 3.81. The largest absolute Gasteiger partial charge is 0.274 e. The van der Waals surface area contributed by atoms with Crippen molar-refractivity contribution in [3.8, 4) is 0 Å². The highest BCUT2D eigenvalue weighted by molar-refractivity contribution is 8.14. The fraction of sp³-hybridized carbons (Fsp3) is 0.750. The molecule has 0 N–H and O–H groups in total. The predicted molar refractivity (Wildman–Crippen MR) is 53.8 cm³/mol. The summed E-state index contributed by atoms with van der Waals surface area (Å²) >= 11 is 1.65. The molecule has 0 saturated heterocycles. The van der Waals surface area contributed by atoms with E-state index in [2.05, 4.69) is 4.99 Å². The van der Waals surface area contributed by atoms with Crippen molar-refractivity contribution in [2.45, 2.75) is 19.4 Å². The van der Waals surface area contributed by atoms with E-state index >= 15 is 0 Å². The molecule has 0 aliphatic carbocycles. The monoisotopic (exact) mass is 202 g/mol. The number of nitrogens with zero attached hydrogens (tertiary/aromatic N) is 2. The number of thioether (sulfide) groups is 1. The summed E-state index contributed by atoms with van der Waals surface area (Å²) in [6.45, 7) is 2.04. The quantitative estimate of drug-likeness (QED) is 0.639. The van der Waals surface area contributed by atoms with Gasteiger partial charge in [-0.2, -0.15) is 0 Å². The van der Waals surface area contributed by atoms with Gasteiger partial charge in [0.15, 0.2) is 0 Å². The van der Waals surface area contributed by atoms with Crippen molar-refractivity contribution in [3.63, 3.8) is 0 Å². The van der Waals surface area contributed by atoms with Crippen LogP contribution < -0.4 is 0 Å². The summed E-state index contributed by atoms with van der Waals surface area (Å²) in [6, 6.07) is -0.245. The molecule has 0 bridgehead atoms. The molecule has 74 valence electrons. The molecule has 4 nitrogen and oxygen atoms in total. The number of rotatable bonds is 3. The Hall–Kier alpha value is -0.550. The molecule has 0 saturated carbocycles. The number of aliphatic imine (C=N–C) groups is 1. The first-order valence-electron chi connectivity index (χ1n) is 4.20. The average molecular weight is 202 g/mol. The maximum Gasteiger partial charge on any atom is 0.271 e. The normalized spacial score (nSPS) is 21.5. The number of likely N-dealkylation sites (N-methyl/N-ethyl adjacent to an activating group) is 1. The minimum atomic E-state index is -0.245. The fourth-order valence-electron chi connectivity index (χ4n) is 1.04. The number of carbonyl (C=O) groups excluding carboxylic acids is 1. The van der Waals surface area contributed by atoms with Gasteiger partial charge in [-0.15, -0.1) is 11.8 Å². The van der Waals surface area contributed by atoms with Crippen LogP contribution in [0, 0.1) is 0 Å². The van der Waals surface area contributed by atoms with Crippen LogP contribution in [0.4, 0.5) is 0 Å². The minimum absolute atomic E-state index is 0.0709. The van der Waals surface area contributed by atoms with Crippen molar-refractivity contribution in [2.75, 3.05) is 19.9 Å². The van der Waals surface area contributed by atoms with E-state index in [9.17, 15) is 4.79 Å². The maximum atomic E-state index is 11.5. The molecule has 0 aromatic rings. The van der Waals surface area contributed by atoms with Crippen molar-refractivity contribution in [1.29, 1.82) is 0 Å². The third-order valence-electron chi connectivity index (χ3n) is 1.88. The van der Waals surface area contributed by atoms with E-state index in [-0.39, 0.29) is 11.9 Å². The lowest BCUT2D eigenvalue weighted by molar-refractivity contribution is -0.169. The van der Waals surface area contributed by atoms with Gasteiger partial charge in [-0.05, 0) is 6.42 Å². The molecule has 1 amide bonds. The van der Waals surface area contributed by atoms with E-state index in [0.29, 0.717) is 0 Å². The summed E-state index contributed by atoms with van der Waals surface area (Å²) in [5, 5.41) is 2.29. The summed E-state index contributed by atoms with van der Waals surface area (Å²) in [6.07, 6.45) is 0.908. The van der Waals surface area contributed by atoms with Crippen LogP contribution in [0.1, 0.15) is 13.3 Å². The zero-order valence-corrected chi connectivity index (χ0v) is 8.93. The van der Waals surface area contributed by atoms with Gasteiger partial charge in [0.25, 0.3) is 5.91 Å². The van der Waals surface area contributed by atoms with Crippen LogP contribution in [0.5, 0.6) is 0 Å². The number of amides is 1. The molecule has 1 heterocycles. The Morgan fingerprint density at radius 3 is 3.00 bits per heavy atom. The Kier molecular flexibility index (Phi) is 3.74. The molecule has 0 radical (unpaired) electrons. The summed E-state index contributed by atoms with van der Waals surface area (Å²) in [7, 11) is 3.08. The Labute approximate surface area is 82.3 Å². The summed E-state index contributed by atoms with van der Waals surface area (Å²) in [5.41, 5.74) is 0. The van der Waals surface area contributed by atoms with E-state index < -0.39 is 0 Å². The Bertz CT molecular complexity index is 230. The summed E-state index contributed by atoms with van der Waals surface area (Å²) in [5.74, 6) is 0.675. The van der Waals surface area contributed by atoms with Gasteiger partial charge < -0.3 is 0 Å². The molecule has 1 rings (SSSR count). The maximum absolute atomic E-state index is 11.5. The molecule has 1 aliphatic rings. The highest BCUT2D eigenvalue weighted by Crippen LogP contribution is 2.21. The van der Waals surface area contributed by atoms with Crippen LogP contribution in [-0.4, -0.2) is 42.0 Å². The molecule has 0 fully saturated rings. The van der Waals surface area contributed by atoms with Gasteiger partial charge in [0.05, 0.1) is 12.2 Å². The second-order valence-electron chi connectivity index (χ2n) is 2.72. The van der Waals surface area contributed by atoms with Gasteiger partial charge in [0.1, 0.15) is 6.04 Å². The third kappa shape index (κ3) is 2.45. The van der Waals surface area contributed by atoms with Gasteiger partial charge in [0.2, 0.25) is 0 Å². The van der Waals surface area contributed by atoms with Crippen LogP contribution in [0.2, 0.25) is 0 Å². The first kappa shape index (κ1) is 10.5. The number of hydroxylamine groups is 2. The second kappa shape index (κ2) is 4.62. The van der Waals surface area contributed by atoms with E-state index in [1.807, 2.05) is 6.92 Å². The van der Waals surface area contributed by atoms with E-state index in [1.165, 1.54) is 12.2 Å². The molecular formula is C8H14N2O2S. The van der Waals surface area contributed by atoms with Crippen LogP contribution >= 0.6 is 11.8 Å². The van der Waals surface area contributed by atoms with Gasteiger partial charge in [-0.25, -0.2) is 5.06 Å². The molecule has 0 spiro atoms. The zero-order chi connectivity index (χ0) is 9.84. The first-order chi connectivity index (χ1) is 6.19. The van der Waals surface area contributed by atoms with Crippen molar-refractivity contribution < 1.29 is 9.63 Å². The highest BCUT2D eigenvalue weighted by Gasteiger charge is 2.26. The lowest BCUT2D eigenvalue weighted by Crippen LogP contribution is -2.34. The molecule has 1 aliphatic heterocycles. The van der Waals surface area contributed by atoms with E-state index in [1.54, 1.807) is 18.8 Å². The average Bonchev–Trinajstić information content (AvgIpc) is 2.63. The van der Waals surface area contributed by atoms with E-state index in [4.69, 9.17) is 4.84 Å². The first-order valence-corrected chi connectivity index (χ1v) is 5.18. The lowest BCUT2D eigenvalue weighted by Gasteiger charge is -2.15. The Morgan fingerprint density at radius 2 is 2.54 bits per heavy atom. The van der Waals surface area contributed by atoms with Crippen LogP contribution in [0.25, 0.3) is 0 Å². The molecule has 0 aromatic carbocycles. The third-order valence-corrected chi connectivity index (χ3v) is 3.09. The summed E-state index contributed by atoms with van der Waals surface area (Å²) < 4.78 is 0. The van der Waals surface area contributed by atoms with Gasteiger partial charge >= 0.3 is 0 Å². The lowest BCUT2D eigenvalue weighted by atomic mass is 10.3. The molecule has 0 aromatic heterocycles. The van der Waals surface area contributed by atoms with E-state index in [0.717, 1.165) is 17.2 Å². The highest BCUT2D eigenvalue weighted by atomic mass is 32.2.